The summed E-state index contributed by atoms with van der Waals surface area (Å²) in [7, 11) is -0.848. The Kier molecular flexibility index (Phi) is 10.2. The van der Waals surface area contributed by atoms with Crippen molar-refractivity contribution in [2.75, 3.05) is 14.2 Å². The molecule has 1 aliphatic carbocycles. The van der Waals surface area contributed by atoms with Crippen LogP contribution in [0.3, 0.4) is 0 Å². The van der Waals surface area contributed by atoms with E-state index in [1.165, 1.54) is 23.3 Å². The largest absolute Gasteiger partial charge is 0.496 e. The number of carbonyl (C=O) groups excluding carboxylic acids is 1. The van der Waals surface area contributed by atoms with E-state index in [9.17, 15) is 18.3 Å². The van der Waals surface area contributed by atoms with E-state index in [-0.39, 0.29) is 22.3 Å². The molecule has 10 heteroatoms. The van der Waals surface area contributed by atoms with Crippen LogP contribution < -0.4 is 14.2 Å². The number of hydrogen-bond acceptors (Lipinski definition) is 6. The molecule has 3 aromatic carbocycles. The summed E-state index contributed by atoms with van der Waals surface area (Å²) in [6, 6.07) is 20.2. The van der Waals surface area contributed by atoms with Gasteiger partial charge in [0.25, 0.3) is 10.0 Å². The standard InChI is InChI=1S/C35H39ClN2O6S/c1-23-31(43-2)19-28(20-32(23)44-3)35(40)29(18-25-16-26-8-4-5-9-27(26)17-25)22-38-15-14-24(21-38)12-13-34(39)37-45(41,42)33-11-7-6-10-30(33)36/h4-11,14-15,19-21,25,29,35,40H,12-13,16-18,22H2,1-3H3,(H,37,39)/t29-,35+/m0/s1. The van der Waals surface area contributed by atoms with E-state index in [1.807, 2.05) is 42.1 Å². The van der Waals surface area contributed by atoms with Crippen molar-refractivity contribution in [3.8, 4) is 11.5 Å². The highest BCUT2D eigenvalue weighted by molar-refractivity contribution is 7.90. The van der Waals surface area contributed by atoms with Gasteiger partial charge in [-0.25, -0.2) is 13.1 Å². The van der Waals surface area contributed by atoms with Gasteiger partial charge in [0.1, 0.15) is 16.4 Å². The van der Waals surface area contributed by atoms with Gasteiger partial charge in [-0.1, -0.05) is 48.0 Å². The Morgan fingerprint density at radius 2 is 1.64 bits per heavy atom. The smallest absolute Gasteiger partial charge is 0.265 e. The molecule has 2 N–H and O–H groups in total. The molecule has 45 heavy (non-hydrogen) atoms. The number of amides is 1. The van der Waals surface area contributed by atoms with E-state index in [0.717, 1.165) is 36.0 Å². The molecule has 2 atom stereocenters. The molecule has 4 aromatic rings. The molecule has 5 rings (SSSR count). The second-order valence-corrected chi connectivity index (χ2v) is 13.8. The average molecular weight is 651 g/mol. The maximum Gasteiger partial charge on any atom is 0.265 e. The number of aromatic nitrogens is 1. The predicted octanol–water partition coefficient (Wildman–Crippen LogP) is 6.06. The van der Waals surface area contributed by atoms with E-state index >= 15 is 0 Å². The molecule has 0 saturated heterocycles. The number of aryl methyl sites for hydroxylation is 1. The van der Waals surface area contributed by atoms with E-state index in [0.29, 0.717) is 30.4 Å². The summed E-state index contributed by atoms with van der Waals surface area (Å²) >= 11 is 6.02. The van der Waals surface area contributed by atoms with Crippen molar-refractivity contribution in [3.05, 3.63) is 112 Å². The van der Waals surface area contributed by atoms with Crippen LogP contribution in [0.5, 0.6) is 11.5 Å². The number of sulfonamides is 1. The lowest BCUT2D eigenvalue weighted by atomic mass is 9.85. The molecule has 238 valence electrons. The lowest BCUT2D eigenvalue weighted by molar-refractivity contribution is -0.119. The van der Waals surface area contributed by atoms with Crippen LogP contribution in [0.15, 0.2) is 84.0 Å². The number of benzene rings is 3. The van der Waals surface area contributed by atoms with Crippen molar-refractivity contribution in [1.29, 1.82) is 0 Å². The van der Waals surface area contributed by atoms with Crippen molar-refractivity contribution in [3.63, 3.8) is 0 Å². The lowest BCUT2D eigenvalue weighted by Crippen LogP contribution is -2.30. The van der Waals surface area contributed by atoms with Crippen LogP contribution in [0.2, 0.25) is 5.02 Å². The SMILES string of the molecule is COc1cc([C@@H](O)[C@@H](CC2Cc3ccccc3C2)Cn2ccc(CCC(=O)NS(=O)(=O)c3ccccc3Cl)c2)cc(OC)c1C. The van der Waals surface area contributed by atoms with Crippen molar-refractivity contribution < 1.29 is 27.8 Å². The lowest BCUT2D eigenvalue weighted by Gasteiger charge is -2.27. The highest BCUT2D eigenvalue weighted by atomic mass is 35.5. The molecule has 0 unspecified atom stereocenters. The molecule has 0 fully saturated rings. The fraction of sp³-hybridized carbons (Fsp3) is 0.343. The van der Waals surface area contributed by atoms with Gasteiger partial charge in [-0.15, -0.1) is 0 Å². The monoisotopic (exact) mass is 650 g/mol. The zero-order chi connectivity index (χ0) is 32.1. The Morgan fingerprint density at radius 3 is 2.27 bits per heavy atom. The first kappa shape index (κ1) is 32.6. The molecule has 0 saturated carbocycles. The molecule has 1 amide bonds. The second kappa shape index (κ2) is 14.1. The second-order valence-electron chi connectivity index (χ2n) is 11.7. The maximum absolute atomic E-state index is 12.6. The van der Waals surface area contributed by atoms with Crippen molar-refractivity contribution in [1.82, 2.24) is 9.29 Å². The Balaban J connectivity index is 1.29. The molecule has 0 bridgehead atoms. The van der Waals surface area contributed by atoms with Gasteiger partial charge in [0.15, 0.2) is 0 Å². The molecule has 0 radical (unpaired) electrons. The van der Waals surface area contributed by atoms with E-state index < -0.39 is 22.0 Å². The molecule has 0 aliphatic heterocycles. The highest BCUT2D eigenvalue weighted by Crippen LogP contribution is 2.39. The summed E-state index contributed by atoms with van der Waals surface area (Å²) in [4.78, 5) is 12.4. The Bertz CT molecular complexity index is 1720. The summed E-state index contributed by atoms with van der Waals surface area (Å²) in [6.07, 6.45) is 6.22. The highest BCUT2D eigenvalue weighted by Gasteiger charge is 2.30. The number of aliphatic hydroxyl groups is 1. The van der Waals surface area contributed by atoms with Gasteiger partial charge in [-0.05, 0) is 91.1 Å². The van der Waals surface area contributed by atoms with Crippen LogP contribution >= 0.6 is 11.6 Å². The van der Waals surface area contributed by atoms with Gasteiger partial charge in [0.05, 0.1) is 25.3 Å². The van der Waals surface area contributed by atoms with Crippen LogP contribution in [0, 0.1) is 18.8 Å². The predicted molar refractivity (Wildman–Crippen MR) is 174 cm³/mol. The Hall–Kier alpha value is -3.79. The Morgan fingerprint density at radius 1 is 1.02 bits per heavy atom. The average Bonchev–Trinajstić information content (AvgIpc) is 3.65. The van der Waals surface area contributed by atoms with Gasteiger partial charge >= 0.3 is 0 Å². The quantitative estimate of drug-likeness (QED) is 0.182. The fourth-order valence-electron chi connectivity index (χ4n) is 6.30. The van der Waals surface area contributed by atoms with E-state index in [4.69, 9.17) is 21.1 Å². The number of rotatable bonds is 13. The number of carbonyl (C=O) groups is 1. The van der Waals surface area contributed by atoms with Gasteiger partial charge in [-0.3, -0.25) is 4.79 Å². The number of nitrogens with zero attached hydrogens (tertiary/aromatic N) is 1. The minimum Gasteiger partial charge on any atom is -0.496 e. The first-order valence-electron chi connectivity index (χ1n) is 15.0. The fourth-order valence-corrected chi connectivity index (χ4v) is 7.83. The summed E-state index contributed by atoms with van der Waals surface area (Å²) in [5, 5.41) is 11.9. The van der Waals surface area contributed by atoms with E-state index in [2.05, 4.69) is 29.0 Å². The third kappa shape index (κ3) is 7.72. The number of aliphatic hydroxyl groups excluding tert-OH is 1. The molecule has 1 aliphatic rings. The number of nitrogens with one attached hydrogen (secondary N) is 1. The first-order valence-corrected chi connectivity index (χ1v) is 16.9. The van der Waals surface area contributed by atoms with Crippen LogP contribution in [-0.4, -0.2) is 38.2 Å². The normalized spacial score (nSPS) is 14.5. The maximum atomic E-state index is 12.6. The summed E-state index contributed by atoms with van der Waals surface area (Å²) in [5.74, 6) is 0.988. The minimum atomic E-state index is -4.07. The number of ether oxygens (including phenoxy) is 2. The van der Waals surface area contributed by atoms with Crippen LogP contribution in [0.4, 0.5) is 0 Å². The van der Waals surface area contributed by atoms with E-state index in [1.54, 1.807) is 26.4 Å². The molecular formula is C35H39ClN2O6S. The number of halogens is 1. The zero-order valence-electron chi connectivity index (χ0n) is 25.7. The van der Waals surface area contributed by atoms with Crippen LogP contribution in [-0.2, 0) is 40.6 Å². The van der Waals surface area contributed by atoms with Crippen molar-refractivity contribution in [2.45, 2.75) is 56.6 Å². The van der Waals surface area contributed by atoms with Crippen LogP contribution in [0.1, 0.15) is 46.8 Å². The van der Waals surface area contributed by atoms with Crippen molar-refractivity contribution >= 4 is 27.5 Å². The molecule has 1 heterocycles. The number of methoxy groups -OCH3 is 2. The zero-order valence-corrected chi connectivity index (χ0v) is 27.3. The molecule has 8 nitrogen and oxygen atoms in total. The van der Waals surface area contributed by atoms with Gasteiger partial charge in [0.2, 0.25) is 5.91 Å². The summed E-state index contributed by atoms with van der Waals surface area (Å²) in [6.45, 7) is 2.48. The number of fused-ring (bicyclic) bond motifs is 1. The minimum absolute atomic E-state index is 0.0109. The van der Waals surface area contributed by atoms with Crippen LogP contribution in [0.25, 0.3) is 0 Å². The Labute approximate surface area is 270 Å². The summed E-state index contributed by atoms with van der Waals surface area (Å²) in [5.41, 5.74) is 5.23. The first-order chi connectivity index (χ1) is 21.6. The molecule has 1 aromatic heterocycles. The third-order valence-corrected chi connectivity index (χ3v) is 10.5. The third-order valence-electron chi connectivity index (χ3n) is 8.61. The number of hydrogen-bond donors (Lipinski definition) is 2. The van der Waals surface area contributed by atoms with Crippen molar-refractivity contribution in [2.24, 2.45) is 11.8 Å². The topological polar surface area (TPSA) is 107 Å². The van der Waals surface area contributed by atoms with Gasteiger partial charge in [-0.2, -0.15) is 0 Å². The molecular weight excluding hydrogens is 612 g/mol. The van der Waals surface area contributed by atoms with Gasteiger partial charge < -0.3 is 19.1 Å². The van der Waals surface area contributed by atoms with Gasteiger partial charge in [0, 0.05) is 36.8 Å². The molecule has 0 spiro atoms. The summed E-state index contributed by atoms with van der Waals surface area (Å²) < 4.78 is 40.6.